The molecule has 21 heavy (non-hydrogen) atoms. The van der Waals surface area contributed by atoms with E-state index in [1.54, 1.807) is 13.1 Å². The molecule has 1 heterocycles. The molecule has 0 fully saturated rings. The zero-order chi connectivity index (χ0) is 15.8. The number of imidazole rings is 1. The van der Waals surface area contributed by atoms with E-state index in [4.69, 9.17) is 9.84 Å². The number of carboxylic acids is 1. The molecule has 1 rings (SSSR count). The van der Waals surface area contributed by atoms with E-state index in [2.05, 4.69) is 18.8 Å². The highest BCUT2D eigenvalue weighted by atomic mass is 32.2. The van der Waals surface area contributed by atoms with Gasteiger partial charge in [0.25, 0.3) is 0 Å². The van der Waals surface area contributed by atoms with Gasteiger partial charge in [0.15, 0.2) is 5.16 Å². The lowest BCUT2D eigenvalue weighted by molar-refractivity contribution is -0.143. The summed E-state index contributed by atoms with van der Waals surface area (Å²) < 4.78 is 6.90. The van der Waals surface area contributed by atoms with Crippen molar-refractivity contribution in [1.82, 2.24) is 9.55 Å². The summed E-state index contributed by atoms with van der Waals surface area (Å²) >= 11 is 1.20. The van der Waals surface area contributed by atoms with Crippen molar-refractivity contribution in [3.05, 3.63) is 11.9 Å². The Labute approximate surface area is 128 Å². The quantitative estimate of drug-likeness (QED) is 0.557. The number of hydrogen-bond donors (Lipinski definition) is 1. The molecule has 1 aromatic heterocycles. The summed E-state index contributed by atoms with van der Waals surface area (Å²) in [6, 6.07) is 0. The van der Waals surface area contributed by atoms with Gasteiger partial charge in [-0.1, -0.05) is 25.6 Å². The Morgan fingerprint density at radius 1 is 1.48 bits per heavy atom. The molecule has 0 bridgehead atoms. The van der Waals surface area contributed by atoms with Crippen molar-refractivity contribution in [3.63, 3.8) is 0 Å². The van der Waals surface area contributed by atoms with Crippen molar-refractivity contribution in [2.45, 2.75) is 51.2 Å². The predicted molar refractivity (Wildman–Crippen MR) is 80.5 cm³/mol. The van der Waals surface area contributed by atoms with Crippen LogP contribution in [0.25, 0.3) is 0 Å². The second-order valence-corrected chi connectivity index (χ2v) is 5.81. The van der Waals surface area contributed by atoms with Gasteiger partial charge in [0.2, 0.25) is 0 Å². The molecule has 0 aliphatic carbocycles. The standard InChI is InChI=1S/C14H22N2O4S/c1-4-20-13(19)6-5-7-16-11(10(2)3)8-15-14(16)21-9-12(17)18/h8,10H,4-7,9H2,1-3H3,(H,17,18). The molecule has 0 saturated carbocycles. The number of carbonyl (C=O) groups excluding carboxylic acids is 1. The molecule has 0 aliphatic rings. The summed E-state index contributed by atoms with van der Waals surface area (Å²) in [5.41, 5.74) is 1.05. The lowest BCUT2D eigenvalue weighted by atomic mass is 10.1. The maximum Gasteiger partial charge on any atom is 0.313 e. The second-order valence-electron chi connectivity index (χ2n) is 4.86. The van der Waals surface area contributed by atoms with Gasteiger partial charge in [-0.05, 0) is 19.3 Å². The fourth-order valence-corrected chi connectivity index (χ4v) is 2.65. The van der Waals surface area contributed by atoms with E-state index >= 15 is 0 Å². The van der Waals surface area contributed by atoms with Crippen LogP contribution in [0.2, 0.25) is 0 Å². The first-order valence-electron chi connectivity index (χ1n) is 7.01. The molecular weight excluding hydrogens is 292 g/mol. The van der Waals surface area contributed by atoms with Gasteiger partial charge in [0.05, 0.1) is 12.4 Å². The van der Waals surface area contributed by atoms with Crippen LogP contribution in [0.1, 0.15) is 45.2 Å². The van der Waals surface area contributed by atoms with Gasteiger partial charge in [-0.15, -0.1) is 0 Å². The SMILES string of the molecule is CCOC(=O)CCCn1c(C(C)C)cnc1SCC(=O)O. The Morgan fingerprint density at radius 2 is 2.19 bits per heavy atom. The van der Waals surface area contributed by atoms with E-state index < -0.39 is 5.97 Å². The highest BCUT2D eigenvalue weighted by Gasteiger charge is 2.14. The number of ether oxygens (including phenoxy) is 1. The third-order valence-corrected chi connectivity index (χ3v) is 3.81. The van der Waals surface area contributed by atoms with Crippen LogP contribution < -0.4 is 0 Å². The number of thioether (sulfide) groups is 1. The number of aromatic nitrogens is 2. The Bertz CT molecular complexity index is 485. The molecule has 6 nitrogen and oxygen atoms in total. The Hall–Kier alpha value is -1.50. The van der Waals surface area contributed by atoms with Crippen LogP contribution in [-0.4, -0.2) is 39.0 Å². The van der Waals surface area contributed by atoms with E-state index in [0.717, 1.165) is 5.69 Å². The second kappa shape index (κ2) is 8.71. The lowest BCUT2D eigenvalue weighted by Crippen LogP contribution is -2.10. The van der Waals surface area contributed by atoms with Crippen LogP contribution in [0.5, 0.6) is 0 Å². The van der Waals surface area contributed by atoms with Crippen molar-refractivity contribution in [2.75, 3.05) is 12.4 Å². The molecular formula is C14H22N2O4S. The van der Waals surface area contributed by atoms with Crippen LogP contribution >= 0.6 is 11.8 Å². The number of esters is 1. The lowest BCUT2D eigenvalue weighted by Gasteiger charge is -2.13. The van der Waals surface area contributed by atoms with Gasteiger partial charge in [-0.3, -0.25) is 9.59 Å². The summed E-state index contributed by atoms with van der Waals surface area (Å²) in [7, 11) is 0. The smallest absolute Gasteiger partial charge is 0.313 e. The van der Waals surface area contributed by atoms with Gasteiger partial charge < -0.3 is 14.4 Å². The number of rotatable bonds is 9. The maximum atomic E-state index is 11.4. The minimum absolute atomic E-state index is 0.0214. The minimum atomic E-state index is -0.868. The molecule has 1 aromatic rings. The highest BCUT2D eigenvalue weighted by Crippen LogP contribution is 2.24. The van der Waals surface area contributed by atoms with Gasteiger partial charge in [0.1, 0.15) is 0 Å². The molecule has 118 valence electrons. The van der Waals surface area contributed by atoms with Crippen molar-refractivity contribution in [1.29, 1.82) is 0 Å². The zero-order valence-corrected chi connectivity index (χ0v) is 13.5. The average molecular weight is 314 g/mol. The topological polar surface area (TPSA) is 81.4 Å². The maximum absolute atomic E-state index is 11.4. The number of aliphatic carboxylic acids is 1. The number of hydrogen-bond acceptors (Lipinski definition) is 5. The van der Waals surface area contributed by atoms with Crippen LogP contribution in [0.15, 0.2) is 11.4 Å². The molecule has 0 aromatic carbocycles. The number of carbonyl (C=O) groups is 2. The van der Waals surface area contributed by atoms with E-state index in [1.165, 1.54) is 11.8 Å². The Balaban J connectivity index is 2.69. The van der Waals surface area contributed by atoms with E-state index in [1.807, 2.05) is 4.57 Å². The van der Waals surface area contributed by atoms with Crippen LogP contribution in [-0.2, 0) is 20.9 Å². The zero-order valence-electron chi connectivity index (χ0n) is 12.7. The first-order chi connectivity index (χ1) is 9.95. The highest BCUT2D eigenvalue weighted by molar-refractivity contribution is 7.99. The normalized spacial score (nSPS) is 10.9. The van der Waals surface area contributed by atoms with E-state index in [-0.39, 0.29) is 11.7 Å². The predicted octanol–water partition coefficient (Wildman–Crippen LogP) is 2.53. The first-order valence-corrected chi connectivity index (χ1v) is 7.99. The largest absolute Gasteiger partial charge is 0.481 e. The van der Waals surface area contributed by atoms with E-state index in [0.29, 0.717) is 37.1 Å². The summed E-state index contributed by atoms with van der Waals surface area (Å²) in [4.78, 5) is 26.3. The molecule has 0 spiro atoms. The van der Waals surface area contributed by atoms with Crippen LogP contribution in [0.4, 0.5) is 0 Å². The molecule has 0 radical (unpaired) electrons. The van der Waals surface area contributed by atoms with Crippen molar-refractivity contribution in [3.8, 4) is 0 Å². The van der Waals surface area contributed by atoms with Crippen LogP contribution in [0.3, 0.4) is 0 Å². The number of carboxylic acid groups (broad SMARTS) is 1. The Morgan fingerprint density at radius 3 is 2.76 bits per heavy atom. The van der Waals surface area contributed by atoms with Crippen molar-refractivity contribution in [2.24, 2.45) is 0 Å². The minimum Gasteiger partial charge on any atom is -0.481 e. The molecule has 0 aliphatic heterocycles. The van der Waals surface area contributed by atoms with Gasteiger partial charge in [0, 0.05) is 24.9 Å². The van der Waals surface area contributed by atoms with Gasteiger partial charge >= 0.3 is 11.9 Å². The fraction of sp³-hybridized carbons (Fsp3) is 0.643. The van der Waals surface area contributed by atoms with Gasteiger partial charge in [-0.25, -0.2) is 4.98 Å². The summed E-state index contributed by atoms with van der Waals surface area (Å²) in [6.07, 6.45) is 2.78. The molecule has 7 heteroatoms. The molecule has 1 N–H and O–H groups in total. The van der Waals surface area contributed by atoms with Crippen molar-refractivity contribution < 1.29 is 19.4 Å². The van der Waals surface area contributed by atoms with Crippen LogP contribution in [0, 0.1) is 0 Å². The third-order valence-electron chi connectivity index (χ3n) is 2.83. The third kappa shape index (κ3) is 5.79. The van der Waals surface area contributed by atoms with Gasteiger partial charge in [-0.2, -0.15) is 0 Å². The summed E-state index contributed by atoms with van der Waals surface area (Å²) in [5, 5.41) is 9.46. The summed E-state index contributed by atoms with van der Waals surface area (Å²) in [6.45, 7) is 6.93. The summed E-state index contributed by atoms with van der Waals surface area (Å²) in [5.74, 6) is -0.804. The number of nitrogens with zero attached hydrogens (tertiary/aromatic N) is 2. The monoisotopic (exact) mass is 314 g/mol. The first kappa shape index (κ1) is 17.6. The molecule has 0 unspecified atom stereocenters. The molecule has 0 atom stereocenters. The fourth-order valence-electron chi connectivity index (χ4n) is 1.91. The Kier molecular flexibility index (Phi) is 7.28. The van der Waals surface area contributed by atoms with Crippen molar-refractivity contribution >= 4 is 23.7 Å². The average Bonchev–Trinajstić information content (AvgIpc) is 2.80. The van der Waals surface area contributed by atoms with E-state index in [9.17, 15) is 9.59 Å². The molecule has 0 saturated heterocycles. The molecule has 0 amide bonds.